The van der Waals surface area contributed by atoms with Gasteiger partial charge in [0.25, 0.3) is 11.4 Å². The first-order valence-corrected chi connectivity index (χ1v) is 3.78. The van der Waals surface area contributed by atoms with Crippen molar-refractivity contribution in [3.8, 4) is 0 Å². The van der Waals surface area contributed by atoms with Crippen molar-refractivity contribution in [2.75, 3.05) is 0 Å². The Labute approximate surface area is 75.4 Å². The second-order valence-electron chi connectivity index (χ2n) is 2.70. The maximum atomic E-state index is 11.3. The van der Waals surface area contributed by atoms with Crippen LogP contribution >= 0.6 is 0 Å². The van der Waals surface area contributed by atoms with E-state index < -0.39 is 0 Å². The van der Waals surface area contributed by atoms with Crippen LogP contribution in [0.3, 0.4) is 0 Å². The summed E-state index contributed by atoms with van der Waals surface area (Å²) in [6.45, 7) is 2.57. The summed E-state index contributed by atoms with van der Waals surface area (Å²) in [6.07, 6.45) is 0. The summed E-state index contributed by atoms with van der Waals surface area (Å²) in [5.74, 6) is -0.698. The SMILES string of the molecule is CC(=O)c1cccc(C(C)=O)[n+]1[O-]. The molecule has 0 aliphatic carbocycles. The molecule has 4 nitrogen and oxygen atoms in total. The normalized spacial score (nSPS) is 9.69. The Hall–Kier alpha value is -1.71. The number of rotatable bonds is 2. The molecule has 0 atom stereocenters. The molecule has 0 N–H and O–H groups in total. The summed E-state index contributed by atoms with van der Waals surface area (Å²) >= 11 is 0. The third kappa shape index (κ3) is 1.72. The van der Waals surface area contributed by atoms with Gasteiger partial charge in [-0.15, -0.1) is 0 Å². The van der Waals surface area contributed by atoms with Crippen molar-refractivity contribution in [2.45, 2.75) is 13.8 Å². The van der Waals surface area contributed by atoms with Crippen LogP contribution in [0.2, 0.25) is 0 Å². The average Bonchev–Trinajstić information content (AvgIpc) is 2.03. The van der Waals surface area contributed by atoms with E-state index in [9.17, 15) is 14.8 Å². The van der Waals surface area contributed by atoms with E-state index in [1.165, 1.54) is 32.0 Å². The minimum Gasteiger partial charge on any atom is -0.618 e. The molecule has 0 aliphatic heterocycles. The fourth-order valence-electron chi connectivity index (χ4n) is 1.02. The minimum atomic E-state index is -0.349. The van der Waals surface area contributed by atoms with Gasteiger partial charge in [-0.25, -0.2) is 0 Å². The van der Waals surface area contributed by atoms with E-state index in [-0.39, 0.29) is 23.0 Å². The second kappa shape index (κ2) is 3.35. The highest BCUT2D eigenvalue weighted by molar-refractivity contribution is 5.93. The van der Waals surface area contributed by atoms with Crippen molar-refractivity contribution < 1.29 is 14.3 Å². The molecule has 0 unspecified atom stereocenters. The van der Waals surface area contributed by atoms with Crippen LogP contribution in [-0.2, 0) is 0 Å². The molecule has 1 aromatic rings. The van der Waals surface area contributed by atoms with Crippen molar-refractivity contribution >= 4 is 11.6 Å². The summed E-state index contributed by atoms with van der Waals surface area (Å²) in [7, 11) is 0. The number of hydrogen-bond donors (Lipinski definition) is 0. The van der Waals surface area contributed by atoms with Gasteiger partial charge >= 0.3 is 0 Å². The molecule has 0 aromatic carbocycles. The molecule has 0 amide bonds. The second-order valence-corrected chi connectivity index (χ2v) is 2.70. The van der Waals surface area contributed by atoms with Crippen LogP contribution in [-0.4, -0.2) is 11.6 Å². The summed E-state index contributed by atoms with van der Waals surface area (Å²) in [5, 5.41) is 11.3. The predicted octanol–water partition coefficient (Wildman–Crippen LogP) is 0.725. The van der Waals surface area contributed by atoms with Crippen molar-refractivity contribution in [3.63, 3.8) is 0 Å². The van der Waals surface area contributed by atoms with Crippen molar-refractivity contribution in [1.82, 2.24) is 0 Å². The zero-order chi connectivity index (χ0) is 10.0. The van der Waals surface area contributed by atoms with E-state index in [1.807, 2.05) is 0 Å². The number of aromatic nitrogens is 1. The van der Waals surface area contributed by atoms with Crippen LogP contribution in [0.1, 0.15) is 34.8 Å². The predicted molar refractivity (Wildman–Crippen MR) is 45.4 cm³/mol. The Morgan fingerprint density at radius 1 is 1.15 bits per heavy atom. The molecule has 0 bridgehead atoms. The smallest absolute Gasteiger partial charge is 0.260 e. The number of carbonyl (C=O) groups is 2. The number of carbonyl (C=O) groups excluding carboxylic acids is 2. The molecule has 0 radical (unpaired) electrons. The zero-order valence-corrected chi connectivity index (χ0v) is 7.40. The van der Waals surface area contributed by atoms with Crippen LogP contribution in [0.25, 0.3) is 0 Å². The maximum absolute atomic E-state index is 11.3. The molecule has 0 spiro atoms. The van der Waals surface area contributed by atoms with Crippen molar-refractivity contribution in [2.24, 2.45) is 0 Å². The summed E-state index contributed by atoms with van der Waals surface area (Å²) < 4.78 is 0.366. The van der Waals surface area contributed by atoms with Gasteiger partial charge in [-0.3, -0.25) is 9.59 Å². The van der Waals surface area contributed by atoms with Gasteiger partial charge in [-0.1, -0.05) is 0 Å². The molecule has 4 heteroatoms. The van der Waals surface area contributed by atoms with Gasteiger partial charge in [0.1, 0.15) is 0 Å². The van der Waals surface area contributed by atoms with E-state index in [1.54, 1.807) is 0 Å². The van der Waals surface area contributed by atoms with Crippen LogP contribution < -0.4 is 4.73 Å². The number of hydrogen-bond acceptors (Lipinski definition) is 3. The molecule has 0 saturated carbocycles. The fraction of sp³-hybridized carbons (Fsp3) is 0.222. The molecule has 0 fully saturated rings. The Morgan fingerprint density at radius 3 is 1.85 bits per heavy atom. The lowest BCUT2D eigenvalue weighted by Crippen LogP contribution is -2.39. The standard InChI is InChI=1S/C9H9NO3/c1-6(11)8-4-3-5-9(7(2)12)10(8)13/h3-5H,1-2H3. The lowest BCUT2D eigenvalue weighted by atomic mass is 10.2. The molecule has 1 rings (SSSR count). The highest BCUT2D eigenvalue weighted by Gasteiger charge is 2.17. The quantitative estimate of drug-likeness (QED) is 0.382. The number of pyridine rings is 1. The summed E-state index contributed by atoms with van der Waals surface area (Å²) in [6, 6.07) is 4.30. The first-order chi connectivity index (χ1) is 6.04. The lowest BCUT2D eigenvalue weighted by molar-refractivity contribution is -0.609. The van der Waals surface area contributed by atoms with E-state index in [2.05, 4.69) is 0 Å². The first kappa shape index (κ1) is 9.38. The molecule has 1 aromatic heterocycles. The molecule has 13 heavy (non-hydrogen) atoms. The molecule has 1 heterocycles. The number of Topliss-reactive ketones (excluding diaryl/α,β-unsaturated/α-hetero) is 2. The topological polar surface area (TPSA) is 61.1 Å². The van der Waals surface area contributed by atoms with Gasteiger partial charge in [0.2, 0.25) is 11.6 Å². The van der Waals surface area contributed by atoms with Gasteiger partial charge in [-0.05, 0) is 6.07 Å². The Kier molecular flexibility index (Phi) is 2.41. The Bertz CT molecular complexity index is 339. The van der Waals surface area contributed by atoms with E-state index in [4.69, 9.17) is 0 Å². The van der Waals surface area contributed by atoms with Crippen LogP contribution in [0, 0.1) is 5.21 Å². The van der Waals surface area contributed by atoms with Gasteiger partial charge in [0, 0.05) is 26.0 Å². The number of nitrogens with zero attached hydrogens (tertiary/aromatic N) is 1. The van der Waals surface area contributed by atoms with E-state index in [0.717, 1.165) is 0 Å². The molecule has 68 valence electrons. The van der Waals surface area contributed by atoms with Gasteiger partial charge in [0.05, 0.1) is 0 Å². The monoisotopic (exact) mass is 179 g/mol. The van der Waals surface area contributed by atoms with Crippen molar-refractivity contribution in [1.29, 1.82) is 0 Å². The highest BCUT2D eigenvalue weighted by atomic mass is 16.5. The zero-order valence-electron chi connectivity index (χ0n) is 7.40. The largest absolute Gasteiger partial charge is 0.618 e. The van der Waals surface area contributed by atoms with E-state index >= 15 is 0 Å². The third-order valence-corrected chi connectivity index (χ3v) is 1.67. The maximum Gasteiger partial charge on any atom is 0.260 e. The van der Waals surface area contributed by atoms with Crippen LogP contribution in [0.15, 0.2) is 18.2 Å². The fourth-order valence-corrected chi connectivity index (χ4v) is 1.02. The molecular formula is C9H9NO3. The Balaban J connectivity index is 3.35. The average molecular weight is 179 g/mol. The Morgan fingerprint density at radius 2 is 1.54 bits per heavy atom. The van der Waals surface area contributed by atoms with Gasteiger partial charge in [0.15, 0.2) is 0 Å². The molecular weight excluding hydrogens is 170 g/mol. The molecule has 0 aliphatic rings. The number of ketones is 2. The van der Waals surface area contributed by atoms with E-state index in [0.29, 0.717) is 4.73 Å². The van der Waals surface area contributed by atoms with Crippen LogP contribution in [0.5, 0.6) is 0 Å². The lowest BCUT2D eigenvalue weighted by Gasteiger charge is -2.03. The third-order valence-electron chi connectivity index (χ3n) is 1.67. The van der Waals surface area contributed by atoms with Crippen molar-refractivity contribution in [3.05, 3.63) is 34.8 Å². The molecule has 0 saturated heterocycles. The highest BCUT2D eigenvalue weighted by Crippen LogP contribution is 1.98. The van der Waals surface area contributed by atoms with Gasteiger partial charge in [-0.2, -0.15) is 4.73 Å². The summed E-state index contributed by atoms with van der Waals surface area (Å²) in [5.41, 5.74) is -0.0135. The summed E-state index contributed by atoms with van der Waals surface area (Å²) in [4.78, 5) is 21.8. The van der Waals surface area contributed by atoms with Crippen LogP contribution in [0.4, 0.5) is 0 Å². The van der Waals surface area contributed by atoms with Gasteiger partial charge < -0.3 is 5.21 Å². The first-order valence-electron chi connectivity index (χ1n) is 3.78. The minimum absolute atomic E-state index is 0.00676.